The molecule has 2 aliphatic heterocycles. The number of aliphatic imine (C=N–C) groups is 1. The average Bonchev–Trinajstić information content (AvgIpc) is 3.50. The molecule has 1 saturated heterocycles. The largest absolute Gasteiger partial charge is 0.390 e. The van der Waals surface area contributed by atoms with E-state index in [4.69, 9.17) is 16.2 Å². The molecule has 0 unspecified atom stereocenters. The Balaban J connectivity index is 1.54. The number of aromatic amines is 1. The molecule has 0 radical (unpaired) electrons. The highest BCUT2D eigenvalue weighted by Crippen LogP contribution is 2.47. The van der Waals surface area contributed by atoms with Gasteiger partial charge in [0.1, 0.15) is 4.83 Å². The van der Waals surface area contributed by atoms with Crippen LogP contribution in [-0.2, 0) is 22.7 Å². The molecule has 180 valence electrons. The SMILES string of the molecule is Cc1c(C2CCN(CC(N)=O)CC2)sc2[nH]c(-c3cnc(N=CN)c4c3COC4)c(C(C)C)c12. The molecule has 0 spiro atoms. The molecular formula is C25H32N6O2S. The molecule has 1 amide bonds. The van der Waals surface area contributed by atoms with E-state index in [2.05, 4.69) is 40.6 Å². The van der Waals surface area contributed by atoms with Gasteiger partial charge in [0, 0.05) is 27.6 Å². The average molecular weight is 481 g/mol. The van der Waals surface area contributed by atoms with Crippen molar-refractivity contribution < 1.29 is 9.53 Å². The third-order valence-corrected chi connectivity index (χ3v) is 8.48. The van der Waals surface area contributed by atoms with Crippen LogP contribution in [0.2, 0.25) is 0 Å². The number of aromatic nitrogens is 2. The minimum absolute atomic E-state index is 0.248. The first kappa shape index (κ1) is 23.0. The van der Waals surface area contributed by atoms with Crippen LogP contribution in [0.1, 0.15) is 65.7 Å². The van der Waals surface area contributed by atoms with Crippen LogP contribution in [0.4, 0.5) is 5.82 Å². The van der Waals surface area contributed by atoms with Crippen LogP contribution < -0.4 is 11.5 Å². The van der Waals surface area contributed by atoms with Gasteiger partial charge < -0.3 is 21.2 Å². The highest BCUT2D eigenvalue weighted by molar-refractivity contribution is 7.19. The summed E-state index contributed by atoms with van der Waals surface area (Å²) >= 11 is 1.88. The Labute approximate surface area is 203 Å². The number of thiophene rings is 1. The standard InChI is InChI=1S/C25H32N6O2S/c1-13(2)20-21-14(3)23(15-4-6-31(7-5-15)9-19(27)32)34-25(21)30-22(20)16-8-28-24(29-12-26)18-11-33-10-17(16)18/h8,12-13,15,30H,4-7,9-11H2,1-3H3,(H2,27,32)(H2,26,28,29). The smallest absolute Gasteiger partial charge is 0.231 e. The molecule has 5 heterocycles. The maximum Gasteiger partial charge on any atom is 0.231 e. The van der Waals surface area contributed by atoms with Crippen molar-refractivity contribution in [2.75, 3.05) is 19.6 Å². The number of primary amides is 1. The second-order valence-electron chi connectivity index (χ2n) is 9.60. The first-order valence-corrected chi connectivity index (χ1v) is 12.7. The number of nitrogens with two attached hydrogens (primary N) is 2. The van der Waals surface area contributed by atoms with E-state index in [9.17, 15) is 4.79 Å². The van der Waals surface area contributed by atoms with Crippen molar-refractivity contribution in [3.05, 3.63) is 33.3 Å². The number of amides is 1. The van der Waals surface area contributed by atoms with Gasteiger partial charge in [-0.25, -0.2) is 9.98 Å². The number of hydrogen-bond donors (Lipinski definition) is 3. The van der Waals surface area contributed by atoms with Crippen molar-refractivity contribution in [1.82, 2.24) is 14.9 Å². The van der Waals surface area contributed by atoms with Crippen LogP contribution in [0.3, 0.4) is 0 Å². The number of fused-ring (bicyclic) bond motifs is 2. The van der Waals surface area contributed by atoms with E-state index in [0.29, 0.717) is 37.4 Å². The van der Waals surface area contributed by atoms with E-state index >= 15 is 0 Å². The van der Waals surface area contributed by atoms with E-state index < -0.39 is 0 Å². The van der Waals surface area contributed by atoms with Crippen LogP contribution in [0.5, 0.6) is 0 Å². The maximum absolute atomic E-state index is 11.3. The van der Waals surface area contributed by atoms with Gasteiger partial charge in [0.25, 0.3) is 0 Å². The number of likely N-dealkylation sites (tertiary alicyclic amines) is 1. The van der Waals surface area contributed by atoms with Crippen molar-refractivity contribution in [2.45, 2.75) is 58.7 Å². The van der Waals surface area contributed by atoms with Crippen LogP contribution >= 0.6 is 11.3 Å². The number of carbonyl (C=O) groups excluding carboxylic acids is 1. The molecule has 2 aliphatic rings. The lowest BCUT2D eigenvalue weighted by atomic mass is 9.90. The van der Waals surface area contributed by atoms with Gasteiger partial charge in [0.05, 0.1) is 31.8 Å². The van der Waals surface area contributed by atoms with Crippen molar-refractivity contribution in [3.8, 4) is 11.3 Å². The van der Waals surface area contributed by atoms with Crippen LogP contribution in [-0.4, -0.2) is 46.7 Å². The quantitative estimate of drug-likeness (QED) is 0.363. The molecule has 5 rings (SSSR count). The Hall–Kier alpha value is -2.75. The lowest BCUT2D eigenvalue weighted by Gasteiger charge is -2.31. The van der Waals surface area contributed by atoms with Crippen molar-refractivity contribution in [3.63, 3.8) is 0 Å². The van der Waals surface area contributed by atoms with Crippen molar-refractivity contribution in [1.29, 1.82) is 0 Å². The normalized spacial score (nSPS) is 17.4. The number of nitrogens with zero attached hydrogens (tertiary/aromatic N) is 3. The summed E-state index contributed by atoms with van der Waals surface area (Å²) in [6.45, 7) is 10.0. The summed E-state index contributed by atoms with van der Waals surface area (Å²) in [6, 6.07) is 0. The predicted octanol–water partition coefficient (Wildman–Crippen LogP) is 4.04. The number of hydrogen-bond acceptors (Lipinski definition) is 6. The Kier molecular flexibility index (Phi) is 6.18. The van der Waals surface area contributed by atoms with E-state index in [1.54, 1.807) is 0 Å². The molecule has 0 aliphatic carbocycles. The van der Waals surface area contributed by atoms with E-state index in [0.717, 1.165) is 48.3 Å². The summed E-state index contributed by atoms with van der Waals surface area (Å²) in [4.78, 5) is 28.7. The molecule has 9 heteroatoms. The van der Waals surface area contributed by atoms with Gasteiger partial charge in [-0.3, -0.25) is 9.69 Å². The number of nitrogens with one attached hydrogen (secondary N) is 1. The van der Waals surface area contributed by atoms with Gasteiger partial charge in [-0.2, -0.15) is 0 Å². The fourth-order valence-corrected chi connectivity index (χ4v) is 6.95. The number of aryl methyl sites for hydroxylation is 1. The molecule has 34 heavy (non-hydrogen) atoms. The Bertz CT molecular complexity index is 1270. The molecule has 5 N–H and O–H groups in total. The Morgan fingerprint density at radius 1 is 1.35 bits per heavy atom. The summed E-state index contributed by atoms with van der Waals surface area (Å²) in [5.74, 6) is 1.26. The summed E-state index contributed by atoms with van der Waals surface area (Å²) < 4.78 is 5.78. The highest BCUT2D eigenvalue weighted by atomic mass is 32.1. The summed E-state index contributed by atoms with van der Waals surface area (Å²) in [5, 5.41) is 1.35. The second kappa shape index (κ2) is 9.13. The Morgan fingerprint density at radius 3 is 2.76 bits per heavy atom. The minimum atomic E-state index is -0.248. The first-order chi connectivity index (χ1) is 16.4. The Morgan fingerprint density at radius 2 is 2.09 bits per heavy atom. The molecule has 0 atom stereocenters. The van der Waals surface area contributed by atoms with Crippen molar-refractivity contribution >= 4 is 39.6 Å². The van der Waals surface area contributed by atoms with Crippen LogP contribution in [0.15, 0.2) is 11.2 Å². The zero-order chi connectivity index (χ0) is 24.0. The number of pyridine rings is 1. The van der Waals surface area contributed by atoms with Gasteiger partial charge >= 0.3 is 0 Å². The van der Waals surface area contributed by atoms with Crippen molar-refractivity contribution in [2.24, 2.45) is 16.5 Å². The number of ether oxygens (including phenoxy) is 1. The van der Waals surface area contributed by atoms with Gasteiger partial charge in [0.15, 0.2) is 5.82 Å². The number of H-pyrrole nitrogens is 1. The van der Waals surface area contributed by atoms with E-state index in [1.165, 1.54) is 32.6 Å². The monoisotopic (exact) mass is 480 g/mol. The van der Waals surface area contributed by atoms with Gasteiger partial charge in [0.2, 0.25) is 5.91 Å². The van der Waals surface area contributed by atoms with Gasteiger partial charge in [-0.05, 0) is 61.4 Å². The third-order valence-electron chi connectivity index (χ3n) is 7.11. The first-order valence-electron chi connectivity index (χ1n) is 11.9. The molecular weight excluding hydrogens is 448 g/mol. The highest BCUT2D eigenvalue weighted by Gasteiger charge is 2.30. The summed E-state index contributed by atoms with van der Waals surface area (Å²) in [6.07, 6.45) is 5.30. The zero-order valence-corrected chi connectivity index (χ0v) is 20.8. The minimum Gasteiger partial charge on any atom is -0.390 e. The van der Waals surface area contributed by atoms with Gasteiger partial charge in [-0.15, -0.1) is 11.3 Å². The summed E-state index contributed by atoms with van der Waals surface area (Å²) in [5.41, 5.74) is 18.0. The van der Waals surface area contributed by atoms with E-state index in [1.807, 2.05) is 17.5 Å². The molecule has 0 bridgehead atoms. The van der Waals surface area contributed by atoms with E-state index in [-0.39, 0.29) is 5.91 Å². The molecule has 0 aromatic carbocycles. The number of carbonyl (C=O) groups is 1. The maximum atomic E-state index is 11.3. The summed E-state index contributed by atoms with van der Waals surface area (Å²) in [7, 11) is 0. The topological polar surface area (TPSA) is 123 Å². The molecule has 8 nitrogen and oxygen atoms in total. The molecule has 0 saturated carbocycles. The van der Waals surface area contributed by atoms with Crippen LogP contribution in [0.25, 0.3) is 21.5 Å². The fraction of sp³-hybridized carbons (Fsp3) is 0.480. The number of piperidine rings is 1. The number of rotatable bonds is 6. The zero-order valence-electron chi connectivity index (χ0n) is 20.0. The molecule has 3 aromatic rings. The lowest BCUT2D eigenvalue weighted by molar-refractivity contribution is -0.119. The second-order valence-corrected chi connectivity index (χ2v) is 10.7. The fourth-order valence-electron chi connectivity index (χ4n) is 5.55. The van der Waals surface area contributed by atoms with Gasteiger partial charge in [-0.1, -0.05) is 13.8 Å². The van der Waals surface area contributed by atoms with Crippen LogP contribution in [0, 0.1) is 6.92 Å². The predicted molar refractivity (Wildman–Crippen MR) is 137 cm³/mol. The third kappa shape index (κ3) is 3.91. The molecule has 3 aromatic heterocycles. The molecule has 1 fully saturated rings. The lowest BCUT2D eigenvalue weighted by Crippen LogP contribution is -2.39.